The lowest BCUT2D eigenvalue weighted by Crippen LogP contribution is -2.31. The predicted molar refractivity (Wildman–Crippen MR) is 64.7 cm³/mol. The first kappa shape index (κ1) is 12.0. The standard InChI is InChI=1S/C10H17ClN4/c1-5-15(7(2)3)9-8(11)6-13-10(12-4)14-9/h6-7H,5H2,1-4H3,(H,12,13,14). The molecule has 0 aliphatic carbocycles. The van der Waals surface area contributed by atoms with Crippen molar-refractivity contribution in [2.24, 2.45) is 0 Å². The van der Waals surface area contributed by atoms with Crippen molar-refractivity contribution in [2.45, 2.75) is 26.8 Å². The Labute approximate surface area is 95.7 Å². The molecule has 5 heteroatoms. The van der Waals surface area contributed by atoms with E-state index in [9.17, 15) is 0 Å². The Kier molecular flexibility index (Phi) is 4.15. The summed E-state index contributed by atoms with van der Waals surface area (Å²) < 4.78 is 0. The molecule has 15 heavy (non-hydrogen) atoms. The van der Waals surface area contributed by atoms with Gasteiger partial charge in [0, 0.05) is 19.6 Å². The second-order valence-corrected chi connectivity index (χ2v) is 3.90. The molecule has 0 fully saturated rings. The largest absolute Gasteiger partial charge is 0.357 e. The number of nitrogens with zero attached hydrogens (tertiary/aromatic N) is 3. The zero-order chi connectivity index (χ0) is 11.4. The molecule has 0 spiro atoms. The van der Waals surface area contributed by atoms with Gasteiger partial charge in [0.15, 0.2) is 5.82 Å². The fraction of sp³-hybridized carbons (Fsp3) is 0.600. The summed E-state index contributed by atoms with van der Waals surface area (Å²) in [5.74, 6) is 1.38. The van der Waals surface area contributed by atoms with Crippen molar-refractivity contribution in [3.05, 3.63) is 11.2 Å². The van der Waals surface area contributed by atoms with E-state index in [1.54, 1.807) is 13.2 Å². The highest BCUT2D eigenvalue weighted by Gasteiger charge is 2.14. The molecule has 0 aliphatic rings. The van der Waals surface area contributed by atoms with E-state index in [0.717, 1.165) is 12.4 Å². The molecule has 4 nitrogen and oxygen atoms in total. The molecule has 1 N–H and O–H groups in total. The van der Waals surface area contributed by atoms with Gasteiger partial charge in [-0.05, 0) is 20.8 Å². The van der Waals surface area contributed by atoms with Gasteiger partial charge in [-0.25, -0.2) is 4.98 Å². The summed E-state index contributed by atoms with van der Waals surface area (Å²) in [6, 6.07) is 0.368. The average molecular weight is 229 g/mol. The van der Waals surface area contributed by atoms with Crippen LogP contribution in [0.25, 0.3) is 0 Å². The van der Waals surface area contributed by atoms with Gasteiger partial charge in [0.1, 0.15) is 5.02 Å². The Morgan fingerprint density at radius 2 is 2.20 bits per heavy atom. The fourth-order valence-electron chi connectivity index (χ4n) is 1.44. The van der Waals surface area contributed by atoms with E-state index in [1.165, 1.54) is 0 Å². The van der Waals surface area contributed by atoms with Crippen molar-refractivity contribution in [2.75, 3.05) is 23.8 Å². The smallest absolute Gasteiger partial charge is 0.224 e. The average Bonchev–Trinajstić information content (AvgIpc) is 2.21. The number of halogens is 1. The van der Waals surface area contributed by atoms with Crippen molar-refractivity contribution >= 4 is 23.4 Å². The van der Waals surface area contributed by atoms with Crippen LogP contribution in [0.4, 0.5) is 11.8 Å². The molecule has 0 aromatic carbocycles. The van der Waals surface area contributed by atoms with E-state index in [2.05, 4.69) is 41.0 Å². The van der Waals surface area contributed by atoms with E-state index >= 15 is 0 Å². The third-order valence-corrected chi connectivity index (χ3v) is 2.45. The number of nitrogens with one attached hydrogen (secondary N) is 1. The molecule has 1 heterocycles. The van der Waals surface area contributed by atoms with E-state index in [4.69, 9.17) is 11.6 Å². The monoisotopic (exact) mass is 228 g/mol. The molecular weight excluding hydrogens is 212 g/mol. The first-order valence-electron chi connectivity index (χ1n) is 5.07. The van der Waals surface area contributed by atoms with Gasteiger partial charge in [-0.2, -0.15) is 4.98 Å². The molecule has 1 aromatic rings. The van der Waals surface area contributed by atoms with Gasteiger partial charge in [0.05, 0.1) is 6.20 Å². The van der Waals surface area contributed by atoms with Crippen LogP contribution in [0.3, 0.4) is 0 Å². The molecule has 1 rings (SSSR count). The van der Waals surface area contributed by atoms with Gasteiger partial charge < -0.3 is 10.2 Å². The number of hydrogen-bond acceptors (Lipinski definition) is 4. The Bertz CT molecular complexity index is 327. The van der Waals surface area contributed by atoms with Gasteiger partial charge in [-0.3, -0.25) is 0 Å². The minimum atomic E-state index is 0.368. The van der Waals surface area contributed by atoms with Crippen LogP contribution in [0, 0.1) is 0 Å². The van der Waals surface area contributed by atoms with Gasteiger partial charge in [-0.1, -0.05) is 11.6 Å². The maximum Gasteiger partial charge on any atom is 0.224 e. The van der Waals surface area contributed by atoms with E-state index in [0.29, 0.717) is 17.0 Å². The highest BCUT2D eigenvalue weighted by molar-refractivity contribution is 6.32. The molecule has 0 saturated carbocycles. The highest BCUT2D eigenvalue weighted by atomic mass is 35.5. The van der Waals surface area contributed by atoms with Crippen LogP contribution >= 0.6 is 11.6 Å². The molecule has 0 saturated heterocycles. The molecule has 0 bridgehead atoms. The lowest BCUT2D eigenvalue weighted by molar-refractivity contribution is 0.693. The van der Waals surface area contributed by atoms with E-state index < -0.39 is 0 Å². The topological polar surface area (TPSA) is 41.1 Å². The first-order chi connectivity index (χ1) is 7.10. The third kappa shape index (κ3) is 2.72. The fourth-order valence-corrected chi connectivity index (χ4v) is 1.64. The van der Waals surface area contributed by atoms with Gasteiger partial charge in [0.2, 0.25) is 5.95 Å². The summed E-state index contributed by atoms with van der Waals surface area (Å²) >= 11 is 6.08. The Balaban J connectivity index is 3.09. The minimum Gasteiger partial charge on any atom is -0.357 e. The first-order valence-corrected chi connectivity index (χ1v) is 5.44. The highest BCUT2D eigenvalue weighted by Crippen LogP contribution is 2.24. The summed E-state index contributed by atoms with van der Waals surface area (Å²) in [5, 5.41) is 3.49. The van der Waals surface area contributed by atoms with Crippen molar-refractivity contribution in [1.82, 2.24) is 9.97 Å². The molecule has 0 amide bonds. The lowest BCUT2D eigenvalue weighted by Gasteiger charge is -2.27. The molecular formula is C10H17ClN4. The maximum absolute atomic E-state index is 6.08. The Morgan fingerprint density at radius 3 is 2.67 bits per heavy atom. The van der Waals surface area contributed by atoms with Crippen molar-refractivity contribution in [3.8, 4) is 0 Å². The SMILES string of the molecule is CCN(c1nc(NC)ncc1Cl)C(C)C. The third-order valence-electron chi connectivity index (χ3n) is 2.19. The Morgan fingerprint density at radius 1 is 1.53 bits per heavy atom. The number of rotatable bonds is 4. The number of hydrogen-bond donors (Lipinski definition) is 1. The number of anilines is 2. The van der Waals surface area contributed by atoms with Gasteiger partial charge in [0.25, 0.3) is 0 Å². The van der Waals surface area contributed by atoms with E-state index in [-0.39, 0.29) is 0 Å². The lowest BCUT2D eigenvalue weighted by atomic mass is 10.3. The summed E-state index contributed by atoms with van der Waals surface area (Å²) in [7, 11) is 1.79. The minimum absolute atomic E-state index is 0.368. The summed E-state index contributed by atoms with van der Waals surface area (Å²) in [6.45, 7) is 7.18. The molecule has 1 aromatic heterocycles. The predicted octanol–water partition coefficient (Wildman–Crippen LogP) is 2.41. The van der Waals surface area contributed by atoms with Gasteiger partial charge >= 0.3 is 0 Å². The second kappa shape index (κ2) is 5.16. The van der Waals surface area contributed by atoms with Crippen LogP contribution in [0.5, 0.6) is 0 Å². The van der Waals surface area contributed by atoms with Crippen molar-refractivity contribution < 1.29 is 0 Å². The zero-order valence-electron chi connectivity index (χ0n) is 9.58. The molecule has 0 radical (unpaired) electrons. The van der Waals surface area contributed by atoms with Crippen LogP contribution in [0.2, 0.25) is 5.02 Å². The van der Waals surface area contributed by atoms with Crippen LogP contribution in [-0.2, 0) is 0 Å². The summed E-state index contributed by atoms with van der Waals surface area (Å²) in [5.41, 5.74) is 0. The maximum atomic E-state index is 6.08. The van der Waals surface area contributed by atoms with Crippen LogP contribution in [-0.4, -0.2) is 29.6 Å². The van der Waals surface area contributed by atoms with Crippen LogP contribution in [0.1, 0.15) is 20.8 Å². The quantitative estimate of drug-likeness (QED) is 0.860. The molecule has 0 atom stereocenters. The summed E-state index contributed by atoms with van der Waals surface area (Å²) in [6.07, 6.45) is 1.63. The zero-order valence-corrected chi connectivity index (χ0v) is 10.3. The summed E-state index contributed by atoms with van der Waals surface area (Å²) in [4.78, 5) is 10.5. The molecule has 84 valence electrons. The van der Waals surface area contributed by atoms with E-state index in [1.807, 2.05) is 0 Å². The Hall–Kier alpha value is -1.03. The van der Waals surface area contributed by atoms with Crippen molar-refractivity contribution in [3.63, 3.8) is 0 Å². The van der Waals surface area contributed by atoms with Crippen LogP contribution < -0.4 is 10.2 Å². The molecule has 0 aliphatic heterocycles. The second-order valence-electron chi connectivity index (χ2n) is 3.49. The molecule has 0 unspecified atom stereocenters. The normalized spacial score (nSPS) is 10.5. The van der Waals surface area contributed by atoms with Crippen LogP contribution in [0.15, 0.2) is 6.20 Å². The number of aromatic nitrogens is 2. The van der Waals surface area contributed by atoms with Crippen molar-refractivity contribution in [1.29, 1.82) is 0 Å². The van der Waals surface area contributed by atoms with Gasteiger partial charge in [-0.15, -0.1) is 0 Å².